The molecule has 2 amide bonds. The van der Waals surface area contributed by atoms with Gasteiger partial charge in [0.15, 0.2) is 5.82 Å². The molecule has 9 heteroatoms. The van der Waals surface area contributed by atoms with Crippen molar-refractivity contribution in [3.8, 4) is 5.75 Å². The summed E-state index contributed by atoms with van der Waals surface area (Å²) in [6, 6.07) is 7.79. The van der Waals surface area contributed by atoms with Crippen molar-refractivity contribution in [2.45, 2.75) is 69.9 Å². The molecule has 1 unspecified atom stereocenters. The molecular weight excluding hydrogens is 434 g/mol. The minimum Gasteiger partial charge on any atom is -0.496 e. The highest BCUT2D eigenvalue weighted by atomic mass is 16.5. The SMILES string of the molecule is COc1ccccc1C(CNC(=O)CCc1nc(C2(NC(C)=O)CCCCCC2)no1)N(C)C. The van der Waals surface area contributed by atoms with E-state index in [1.54, 1.807) is 7.11 Å². The number of aryl methyl sites for hydroxylation is 1. The van der Waals surface area contributed by atoms with Gasteiger partial charge in [0.25, 0.3) is 0 Å². The smallest absolute Gasteiger partial charge is 0.227 e. The predicted molar refractivity (Wildman–Crippen MR) is 128 cm³/mol. The summed E-state index contributed by atoms with van der Waals surface area (Å²) in [6.45, 7) is 1.97. The van der Waals surface area contributed by atoms with Crippen LogP contribution in [0.25, 0.3) is 0 Å². The van der Waals surface area contributed by atoms with Crippen molar-refractivity contribution in [1.82, 2.24) is 25.7 Å². The van der Waals surface area contributed by atoms with Crippen LogP contribution in [-0.4, -0.2) is 54.6 Å². The van der Waals surface area contributed by atoms with E-state index in [4.69, 9.17) is 9.26 Å². The Morgan fingerprint density at radius 1 is 1.18 bits per heavy atom. The summed E-state index contributed by atoms with van der Waals surface area (Å²) in [4.78, 5) is 31.1. The molecule has 0 radical (unpaired) electrons. The van der Waals surface area contributed by atoms with Gasteiger partial charge in [0.1, 0.15) is 11.3 Å². The number of para-hydroxylation sites is 1. The molecule has 0 saturated heterocycles. The molecule has 186 valence electrons. The number of hydrogen-bond donors (Lipinski definition) is 2. The maximum Gasteiger partial charge on any atom is 0.227 e. The van der Waals surface area contributed by atoms with Gasteiger partial charge in [-0.25, -0.2) is 0 Å². The first-order valence-corrected chi connectivity index (χ1v) is 12.0. The van der Waals surface area contributed by atoms with E-state index >= 15 is 0 Å². The normalized spacial score (nSPS) is 16.5. The number of carbonyl (C=O) groups is 2. The molecule has 0 aliphatic heterocycles. The van der Waals surface area contributed by atoms with Gasteiger partial charge < -0.3 is 24.8 Å². The molecule has 0 spiro atoms. The Kier molecular flexibility index (Phi) is 9.04. The summed E-state index contributed by atoms with van der Waals surface area (Å²) in [5, 5.41) is 10.3. The topological polar surface area (TPSA) is 110 Å². The average Bonchev–Trinajstić information content (AvgIpc) is 3.17. The first-order valence-electron chi connectivity index (χ1n) is 12.0. The largest absolute Gasteiger partial charge is 0.496 e. The van der Waals surface area contributed by atoms with E-state index in [0.717, 1.165) is 49.8 Å². The molecule has 1 heterocycles. The lowest BCUT2D eigenvalue weighted by Gasteiger charge is -2.30. The van der Waals surface area contributed by atoms with Crippen LogP contribution in [-0.2, 0) is 21.5 Å². The molecule has 9 nitrogen and oxygen atoms in total. The molecule has 1 aliphatic carbocycles. The Morgan fingerprint density at radius 3 is 2.53 bits per heavy atom. The van der Waals surface area contributed by atoms with Crippen molar-refractivity contribution in [2.24, 2.45) is 0 Å². The Morgan fingerprint density at radius 2 is 1.88 bits per heavy atom. The number of rotatable bonds is 10. The van der Waals surface area contributed by atoms with Gasteiger partial charge in [0, 0.05) is 31.9 Å². The van der Waals surface area contributed by atoms with Gasteiger partial charge >= 0.3 is 0 Å². The van der Waals surface area contributed by atoms with Crippen LogP contribution in [0.15, 0.2) is 28.8 Å². The highest BCUT2D eigenvalue weighted by molar-refractivity contribution is 5.76. The van der Waals surface area contributed by atoms with Crippen molar-refractivity contribution in [1.29, 1.82) is 0 Å². The van der Waals surface area contributed by atoms with E-state index in [0.29, 0.717) is 24.7 Å². The van der Waals surface area contributed by atoms with Gasteiger partial charge in [-0.15, -0.1) is 0 Å². The van der Waals surface area contributed by atoms with Crippen LogP contribution < -0.4 is 15.4 Å². The second-order valence-electron chi connectivity index (χ2n) is 9.21. The molecule has 1 fully saturated rings. The fourth-order valence-electron chi connectivity index (χ4n) is 4.66. The fourth-order valence-corrected chi connectivity index (χ4v) is 4.66. The Bertz CT molecular complexity index is 950. The minimum atomic E-state index is -0.583. The molecule has 3 rings (SSSR count). The molecular formula is C25H37N5O4. The maximum absolute atomic E-state index is 12.6. The Balaban J connectivity index is 1.59. The summed E-state index contributed by atoms with van der Waals surface area (Å²) < 4.78 is 10.9. The van der Waals surface area contributed by atoms with Crippen LogP contribution >= 0.6 is 0 Å². The van der Waals surface area contributed by atoms with Crippen LogP contribution in [0.1, 0.15) is 75.2 Å². The number of amides is 2. The van der Waals surface area contributed by atoms with Crippen LogP contribution in [0.2, 0.25) is 0 Å². The monoisotopic (exact) mass is 471 g/mol. The van der Waals surface area contributed by atoms with Gasteiger partial charge in [-0.2, -0.15) is 4.98 Å². The number of hydrogen-bond acceptors (Lipinski definition) is 7. The van der Waals surface area contributed by atoms with E-state index in [-0.39, 0.29) is 24.3 Å². The number of carbonyl (C=O) groups excluding carboxylic acids is 2. The van der Waals surface area contributed by atoms with Crippen molar-refractivity contribution in [3.05, 3.63) is 41.5 Å². The minimum absolute atomic E-state index is 0.0251. The lowest BCUT2D eigenvalue weighted by Crippen LogP contribution is -2.45. The van der Waals surface area contributed by atoms with E-state index in [1.807, 2.05) is 38.4 Å². The van der Waals surface area contributed by atoms with Crippen LogP contribution in [0.4, 0.5) is 0 Å². The first-order chi connectivity index (χ1) is 16.3. The van der Waals surface area contributed by atoms with Gasteiger partial charge in [-0.05, 0) is 33.0 Å². The summed E-state index contributed by atoms with van der Waals surface area (Å²) in [7, 11) is 5.59. The highest BCUT2D eigenvalue weighted by Crippen LogP contribution is 2.34. The quantitative estimate of drug-likeness (QED) is 0.512. The van der Waals surface area contributed by atoms with Crippen molar-refractivity contribution in [2.75, 3.05) is 27.7 Å². The van der Waals surface area contributed by atoms with Gasteiger partial charge in [0.05, 0.1) is 13.2 Å². The molecule has 1 saturated carbocycles. The molecule has 34 heavy (non-hydrogen) atoms. The van der Waals surface area contributed by atoms with E-state index < -0.39 is 5.54 Å². The van der Waals surface area contributed by atoms with Crippen molar-refractivity contribution in [3.63, 3.8) is 0 Å². The summed E-state index contributed by atoms with van der Waals surface area (Å²) in [6.07, 6.45) is 6.45. The Hall–Kier alpha value is -2.94. The van der Waals surface area contributed by atoms with E-state index in [9.17, 15) is 9.59 Å². The number of methoxy groups -OCH3 is 1. The summed E-state index contributed by atoms with van der Waals surface area (Å²) in [5.74, 6) is 1.53. The summed E-state index contributed by atoms with van der Waals surface area (Å²) in [5.41, 5.74) is 0.434. The molecule has 1 aliphatic rings. The Labute approximate surface area is 201 Å². The molecule has 1 aromatic carbocycles. The lowest BCUT2D eigenvalue weighted by atomic mass is 9.89. The zero-order valence-electron chi connectivity index (χ0n) is 20.7. The number of aromatic nitrogens is 2. The number of ether oxygens (including phenoxy) is 1. The molecule has 2 N–H and O–H groups in total. The predicted octanol–water partition coefficient (Wildman–Crippen LogP) is 3.12. The third kappa shape index (κ3) is 6.56. The highest BCUT2D eigenvalue weighted by Gasteiger charge is 2.38. The van der Waals surface area contributed by atoms with Crippen LogP contribution in [0.3, 0.4) is 0 Å². The first kappa shape index (κ1) is 25.7. The molecule has 1 aromatic heterocycles. The lowest BCUT2D eigenvalue weighted by molar-refractivity contribution is -0.122. The standard InChI is InChI=1S/C25H37N5O4/c1-18(31)28-25(15-9-5-6-10-16-25)24-27-23(34-29-24)14-13-22(32)26-17-20(30(2)3)19-11-7-8-12-21(19)33-4/h7-8,11-12,20H,5-6,9-10,13-17H2,1-4H3,(H,26,32)(H,28,31). The number of likely N-dealkylation sites (N-methyl/N-ethyl adjacent to an activating group) is 1. The van der Waals surface area contributed by atoms with Gasteiger partial charge in [0.2, 0.25) is 17.7 Å². The third-order valence-electron chi connectivity index (χ3n) is 6.45. The number of nitrogens with one attached hydrogen (secondary N) is 2. The molecule has 0 bridgehead atoms. The fraction of sp³-hybridized carbons (Fsp3) is 0.600. The van der Waals surface area contributed by atoms with Gasteiger partial charge in [-0.1, -0.05) is 49.0 Å². The second-order valence-corrected chi connectivity index (χ2v) is 9.21. The maximum atomic E-state index is 12.6. The van der Waals surface area contributed by atoms with Crippen molar-refractivity contribution < 1.29 is 18.8 Å². The second kappa shape index (κ2) is 12.0. The van der Waals surface area contributed by atoms with Crippen LogP contribution in [0.5, 0.6) is 5.75 Å². The van der Waals surface area contributed by atoms with Crippen LogP contribution in [0, 0.1) is 0 Å². The van der Waals surface area contributed by atoms with E-state index in [1.165, 1.54) is 6.92 Å². The zero-order chi connectivity index (χ0) is 24.6. The number of benzene rings is 1. The molecule has 1 atom stereocenters. The van der Waals surface area contributed by atoms with Crippen molar-refractivity contribution >= 4 is 11.8 Å². The summed E-state index contributed by atoms with van der Waals surface area (Å²) >= 11 is 0. The molecule has 2 aromatic rings. The number of nitrogens with zero attached hydrogens (tertiary/aromatic N) is 3. The van der Waals surface area contributed by atoms with E-state index in [2.05, 4.69) is 25.7 Å². The zero-order valence-corrected chi connectivity index (χ0v) is 20.7. The average molecular weight is 472 g/mol. The van der Waals surface area contributed by atoms with Gasteiger partial charge in [-0.3, -0.25) is 9.59 Å². The third-order valence-corrected chi connectivity index (χ3v) is 6.45.